The first kappa shape index (κ1) is 17.0. The first-order chi connectivity index (χ1) is 9.29. The van der Waals surface area contributed by atoms with Crippen LogP contribution in [0.2, 0.25) is 0 Å². The molecule has 1 aromatic carbocycles. The summed E-state index contributed by atoms with van der Waals surface area (Å²) in [6, 6.07) is 7.97. The van der Waals surface area contributed by atoms with E-state index >= 15 is 0 Å². The smallest absolute Gasteiger partial charge is 0.251 e. The normalized spacial score (nSPS) is 18.1. The van der Waals surface area contributed by atoms with E-state index in [9.17, 15) is 4.79 Å². The number of hydrogen-bond donors (Lipinski definition) is 2. The van der Waals surface area contributed by atoms with Gasteiger partial charge in [0, 0.05) is 12.1 Å². The molecular formula is C16H25ClN2O. The summed E-state index contributed by atoms with van der Waals surface area (Å²) in [6.45, 7) is 5.08. The third kappa shape index (κ3) is 5.14. The third-order valence-corrected chi connectivity index (χ3v) is 3.71. The van der Waals surface area contributed by atoms with Crippen molar-refractivity contribution in [1.82, 2.24) is 10.6 Å². The van der Waals surface area contributed by atoms with Crippen molar-refractivity contribution in [1.29, 1.82) is 0 Å². The minimum Gasteiger partial charge on any atom is -0.352 e. The van der Waals surface area contributed by atoms with Gasteiger partial charge >= 0.3 is 0 Å². The van der Waals surface area contributed by atoms with E-state index in [0.717, 1.165) is 38.0 Å². The maximum absolute atomic E-state index is 12.0. The molecular weight excluding hydrogens is 272 g/mol. The highest BCUT2D eigenvalue weighted by atomic mass is 35.5. The van der Waals surface area contributed by atoms with Gasteiger partial charge in [0.25, 0.3) is 5.91 Å². The highest BCUT2D eigenvalue weighted by Crippen LogP contribution is 2.10. The number of aryl methyl sites for hydroxylation is 1. The first-order valence-electron chi connectivity index (χ1n) is 7.37. The number of hydrogen-bond acceptors (Lipinski definition) is 2. The molecule has 1 heterocycles. The van der Waals surface area contributed by atoms with Crippen LogP contribution in [0, 0.1) is 5.92 Å². The zero-order valence-electron chi connectivity index (χ0n) is 12.2. The van der Waals surface area contributed by atoms with Gasteiger partial charge in [0.1, 0.15) is 0 Å². The molecule has 1 unspecified atom stereocenters. The number of amides is 1. The largest absolute Gasteiger partial charge is 0.352 e. The fourth-order valence-electron chi connectivity index (χ4n) is 2.55. The summed E-state index contributed by atoms with van der Waals surface area (Å²) >= 11 is 0. The van der Waals surface area contributed by atoms with Gasteiger partial charge in [-0.3, -0.25) is 4.79 Å². The molecule has 1 aromatic rings. The lowest BCUT2D eigenvalue weighted by molar-refractivity contribution is 0.0945. The Bertz CT molecular complexity index is 399. The van der Waals surface area contributed by atoms with E-state index in [-0.39, 0.29) is 18.3 Å². The van der Waals surface area contributed by atoms with E-state index in [2.05, 4.69) is 29.7 Å². The van der Waals surface area contributed by atoms with Crippen molar-refractivity contribution in [3.63, 3.8) is 0 Å². The van der Waals surface area contributed by atoms with Crippen LogP contribution in [0.25, 0.3) is 0 Å². The number of nitrogens with one attached hydrogen (secondary N) is 2. The molecule has 0 bridgehead atoms. The molecule has 4 heteroatoms. The Hall–Kier alpha value is -1.06. The molecule has 1 saturated heterocycles. The maximum Gasteiger partial charge on any atom is 0.251 e. The Labute approximate surface area is 127 Å². The lowest BCUT2D eigenvalue weighted by Gasteiger charge is -2.22. The quantitative estimate of drug-likeness (QED) is 0.877. The minimum absolute atomic E-state index is 0. The van der Waals surface area contributed by atoms with E-state index in [1.54, 1.807) is 0 Å². The number of benzene rings is 1. The van der Waals surface area contributed by atoms with Crippen molar-refractivity contribution in [2.45, 2.75) is 32.6 Å². The van der Waals surface area contributed by atoms with E-state index in [4.69, 9.17) is 0 Å². The van der Waals surface area contributed by atoms with Crippen LogP contribution in [0.3, 0.4) is 0 Å². The van der Waals surface area contributed by atoms with Gasteiger partial charge in [-0.05, 0) is 56.0 Å². The van der Waals surface area contributed by atoms with Crippen LogP contribution in [0.5, 0.6) is 0 Å². The zero-order valence-corrected chi connectivity index (χ0v) is 13.0. The number of carbonyl (C=O) groups is 1. The van der Waals surface area contributed by atoms with Crippen LogP contribution < -0.4 is 10.6 Å². The van der Waals surface area contributed by atoms with Crippen LogP contribution in [-0.4, -0.2) is 25.5 Å². The standard InChI is InChI=1S/C16H24N2O.ClH/c1-2-4-13-6-8-15(9-7-13)16(19)18-12-14-5-3-10-17-11-14;/h6-9,14,17H,2-5,10-12H2,1H3,(H,18,19);1H. The molecule has 3 nitrogen and oxygen atoms in total. The Morgan fingerprint density at radius 2 is 2.10 bits per heavy atom. The molecule has 20 heavy (non-hydrogen) atoms. The number of rotatable bonds is 5. The second-order valence-electron chi connectivity index (χ2n) is 5.37. The topological polar surface area (TPSA) is 41.1 Å². The Morgan fingerprint density at radius 3 is 2.70 bits per heavy atom. The number of carbonyl (C=O) groups excluding carboxylic acids is 1. The van der Waals surface area contributed by atoms with Gasteiger partial charge in [-0.15, -0.1) is 12.4 Å². The second kappa shape index (κ2) is 8.98. The zero-order chi connectivity index (χ0) is 13.5. The maximum atomic E-state index is 12.0. The molecule has 112 valence electrons. The molecule has 2 N–H and O–H groups in total. The van der Waals surface area contributed by atoms with Gasteiger partial charge in [0.05, 0.1) is 0 Å². The van der Waals surface area contributed by atoms with E-state index in [0.29, 0.717) is 5.92 Å². The van der Waals surface area contributed by atoms with Crippen molar-refractivity contribution in [3.8, 4) is 0 Å². The molecule has 1 amide bonds. The predicted octanol–water partition coefficient (Wildman–Crippen LogP) is 2.79. The summed E-state index contributed by atoms with van der Waals surface area (Å²) in [5.41, 5.74) is 2.07. The van der Waals surface area contributed by atoms with Gasteiger partial charge in [-0.2, -0.15) is 0 Å². The van der Waals surface area contributed by atoms with Gasteiger partial charge in [0.2, 0.25) is 0 Å². The fraction of sp³-hybridized carbons (Fsp3) is 0.562. The highest BCUT2D eigenvalue weighted by Gasteiger charge is 2.14. The van der Waals surface area contributed by atoms with Crippen LogP contribution in [-0.2, 0) is 6.42 Å². The van der Waals surface area contributed by atoms with Crippen LogP contribution in [0.4, 0.5) is 0 Å². The van der Waals surface area contributed by atoms with Crippen molar-refractivity contribution in [2.75, 3.05) is 19.6 Å². The van der Waals surface area contributed by atoms with Crippen LogP contribution in [0.15, 0.2) is 24.3 Å². The summed E-state index contributed by atoms with van der Waals surface area (Å²) in [4.78, 5) is 12.0. The lowest BCUT2D eigenvalue weighted by atomic mass is 9.99. The molecule has 1 fully saturated rings. The highest BCUT2D eigenvalue weighted by molar-refractivity contribution is 5.94. The molecule has 1 aliphatic rings. The van der Waals surface area contributed by atoms with Crippen molar-refractivity contribution >= 4 is 18.3 Å². The van der Waals surface area contributed by atoms with E-state index < -0.39 is 0 Å². The number of piperidine rings is 1. The molecule has 0 spiro atoms. The van der Waals surface area contributed by atoms with E-state index in [1.807, 2.05) is 12.1 Å². The summed E-state index contributed by atoms with van der Waals surface area (Å²) in [5.74, 6) is 0.630. The third-order valence-electron chi connectivity index (χ3n) is 3.71. The fourth-order valence-corrected chi connectivity index (χ4v) is 2.55. The monoisotopic (exact) mass is 296 g/mol. The molecule has 1 atom stereocenters. The predicted molar refractivity (Wildman–Crippen MR) is 85.6 cm³/mol. The lowest BCUT2D eigenvalue weighted by Crippen LogP contribution is -2.38. The van der Waals surface area contributed by atoms with Crippen molar-refractivity contribution < 1.29 is 4.79 Å². The van der Waals surface area contributed by atoms with Gasteiger partial charge in [0.15, 0.2) is 0 Å². The summed E-state index contributed by atoms with van der Waals surface area (Å²) in [6.07, 6.45) is 4.64. The average molecular weight is 297 g/mol. The Balaban J connectivity index is 0.00000200. The molecule has 0 aromatic heterocycles. The van der Waals surface area contributed by atoms with E-state index in [1.165, 1.54) is 18.4 Å². The second-order valence-corrected chi connectivity index (χ2v) is 5.37. The first-order valence-corrected chi connectivity index (χ1v) is 7.37. The van der Waals surface area contributed by atoms with Gasteiger partial charge < -0.3 is 10.6 Å². The number of halogens is 1. The Kier molecular flexibility index (Phi) is 7.63. The SMILES string of the molecule is CCCc1ccc(C(=O)NCC2CCCNC2)cc1.Cl. The minimum atomic E-state index is 0. The summed E-state index contributed by atoms with van der Waals surface area (Å²) < 4.78 is 0. The van der Waals surface area contributed by atoms with Crippen molar-refractivity contribution in [2.24, 2.45) is 5.92 Å². The van der Waals surface area contributed by atoms with Gasteiger partial charge in [-0.25, -0.2) is 0 Å². The molecule has 0 saturated carbocycles. The average Bonchev–Trinajstić information content (AvgIpc) is 2.47. The summed E-state index contributed by atoms with van der Waals surface area (Å²) in [7, 11) is 0. The molecule has 0 aliphatic carbocycles. The Morgan fingerprint density at radius 1 is 1.35 bits per heavy atom. The molecule has 0 radical (unpaired) electrons. The molecule has 1 aliphatic heterocycles. The summed E-state index contributed by atoms with van der Waals surface area (Å²) in [5, 5.41) is 6.41. The van der Waals surface area contributed by atoms with Crippen LogP contribution in [0.1, 0.15) is 42.1 Å². The van der Waals surface area contributed by atoms with Crippen molar-refractivity contribution in [3.05, 3.63) is 35.4 Å². The molecule has 2 rings (SSSR count). The van der Waals surface area contributed by atoms with Gasteiger partial charge in [-0.1, -0.05) is 25.5 Å². The van der Waals surface area contributed by atoms with Crippen LogP contribution >= 0.6 is 12.4 Å².